The van der Waals surface area contributed by atoms with Gasteiger partial charge in [-0.15, -0.1) is 0 Å². The van der Waals surface area contributed by atoms with Crippen LogP contribution in [-0.4, -0.2) is 33.4 Å². The maximum absolute atomic E-state index is 13.1. The number of aliphatic hydroxyl groups excluding tert-OH is 1. The van der Waals surface area contributed by atoms with Crippen molar-refractivity contribution in [3.63, 3.8) is 0 Å². The number of ether oxygens (including phenoxy) is 1. The normalized spacial score (nSPS) is 19.6. The molecule has 0 radical (unpaired) electrons. The van der Waals surface area contributed by atoms with E-state index in [1.54, 1.807) is 0 Å². The second-order valence-electron chi connectivity index (χ2n) is 7.34. The first-order valence-electron chi connectivity index (χ1n) is 8.78. The molecule has 0 aliphatic carbocycles. The summed E-state index contributed by atoms with van der Waals surface area (Å²) < 4.78 is 18.8. The molecule has 3 rings (SSSR count). The van der Waals surface area contributed by atoms with E-state index < -0.39 is 45.9 Å². The zero-order valence-electron chi connectivity index (χ0n) is 15.9. The van der Waals surface area contributed by atoms with E-state index in [9.17, 15) is 29.2 Å². The van der Waals surface area contributed by atoms with Crippen molar-refractivity contribution < 1.29 is 28.7 Å². The summed E-state index contributed by atoms with van der Waals surface area (Å²) in [6.45, 7) is 4.31. The van der Waals surface area contributed by atoms with Crippen LogP contribution in [0.5, 0.6) is 5.75 Å². The topological polar surface area (TPSA) is 119 Å². The average Bonchev–Trinajstić information content (AvgIpc) is 2.64. The summed E-state index contributed by atoms with van der Waals surface area (Å²) in [6, 6.07) is 6.15. The Morgan fingerprint density at radius 1 is 1.21 bits per heavy atom. The number of Topliss-reactive ketones (excluding diaryl/α,β-unsaturated/α-hetero) is 1. The van der Waals surface area contributed by atoms with Gasteiger partial charge in [0.25, 0.3) is 5.91 Å². The van der Waals surface area contributed by atoms with Gasteiger partial charge in [0, 0.05) is 22.8 Å². The minimum atomic E-state index is -1.28. The number of nitro benzene ring substituents is 1. The number of fused-ring (bicyclic) bond motifs is 1. The van der Waals surface area contributed by atoms with E-state index in [2.05, 4.69) is 5.32 Å². The van der Waals surface area contributed by atoms with Gasteiger partial charge >= 0.3 is 5.69 Å². The number of carbonyl (C=O) groups excluding carboxylic acids is 2. The molecule has 0 fully saturated rings. The van der Waals surface area contributed by atoms with Crippen molar-refractivity contribution in [2.45, 2.75) is 38.5 Å². The van der Waals surface area contributed by atoms with Crippen LogP contribution in [0.1, 0.15) is 53.1 Å². The summed E-state index contributed by atoms with van der Waals surface area (Å²) >= 11 is 0. The Morgan fingerprint density at radius 2 is 1.83 bits per heavy atom. The van der Waals surface area contributed by atoms with E-state index in [-0.39, 0.29) is 22.4 Å². The zero-order valence-corrected chi connectivity index (χ0v) is 15.9. The van der Waals surface area contributed by atoms with Crippen LogP contribution in [0.2, 0.25) is 0 Å². The molecule has 0 saturated carbocycles. The molecule has 2 aromatic rings. The predicted molar refractivity (Wildman–Crippen MR) is 100 cm³/mol. The fourth-order valence-electron chi connectivity index (χ4n) is 3.19. The van der Waals surface area contributed by atoms with Crippen molar-refractivity contribution in [2.24, 2.45) is 0 Å². The third kappa shape index (κ3) is 3.81. The van der Waals surface area contributed by atoms with Crippen molar-refractivity contribution in [3.8, 4) is 5.75 Å². The molecule has 1 heterocycles. The van der Waals surface area contributed by atoms with E-state index in [1.807, 2.05) is 0 Å². The smallest absolute Gasteiger partial charge is 0.312 e. The number of hydrogen-bond acceptors (Lipinski definition) is 6. The van der Waals surface area contributed by atoms with Crippen molar-refractivity contribution in [3.05, 3.63) is 69.0 Å². The van der Waals surface area contributed by atoms with Gasteiger partial charge in [0.1, 0.15) is 17.5 Å². The molecule has 0 saturated heterocycles. The van der Waals surface area contributed by atoms with Crippen LogP contribution >= 0.6 is 0 Å². The average molecular weight is 402 g/mol. The fourth-order valence-corrected chi connectivity index (χ4v) is 3.19. The largest absolute Gasteiger partial charge is 0.478 e. The number of hydrogen-bond donors (Lipinski definition) is 2. The van der Waals surface area contributed by atoms with Gasteiger partial charge in [-0.05, 0) is 51.1 Å². The molecule has 2 aromatic carbocycles. The van der Waals surface area contributed by atoms with E-state index in [1.165, 1.54) is 39.0 Å². The maximum atomic E-state index is 13.1. The van der Waals surface area contributed by atoms with Gasteiger partial charge in [0.15, 0.2) is 5.78 Å². The first-order chi connectivity index (χ1) is 13.5. The number of nitrogens with zero attached hydrogens (tertiary/aromatic N) is 1. The molecule has 8 nitrogen and oxygen atoms in total. The Labute approximate surface area is 165 Å². The molecule has 2 N–H and O–H groups in total. The molecule has 9 heteroatoms. The van der Waals surface area contributed by atoms with Crippen LogP contribution in [0.25, 0.3) is 0 Å². The lowest BCUT2D eigenvalue weighted by Gasteiger charge is -2.42. The highest BCUT2D eigenvalue weighted by molar-refractivity contribution is 5.96. The predicted octanol–water partition coefficient (Wildman–Crippen LogP) is 2.94. The number of halogens is 1. The monoisotopic (exact) mass is 402 g/mol. The number of rotatable bonds is 4. The Bertz CT molecular complexity index is 1000. The molecular weight excluding hydrogens is 383 g/mol. The molecule has 152 valence electrons. The van der Waals surface area contributed by atoms with Crippen molar-refractivity contribution in [1.82, 2.24) is 5.32 Å². The van der Waals surface area contributed by atoms with E-state index >= 15 is 0 Å². The number of amides is 1. The summed E-state index contributed by atoms with van der Waals surface area (Å²) in [6.07, 6.45) is -1.28. The molecule has 1 aliphatic rings. The molecule has 0 spiro atoms. The number of nitrogens with one attached hydrogen (secondary N) is 1. The van der Waals surface area contributed by atoms with Crippen molar-refractivity contribution >= 4 is 17.4 Å². The molecule has 29 heavy (non-hydrogen) atoms. The highest BCUT2D eigenvalue weighted by atomic mass is 19.1. The van der Waals surface area contributed by atoms with Gasteiger partial charge in [-0.3, -0.25) is 19.7 Å². The van der Waals surface area contributed by atoms with Gasteiger partial charge in [-0.25, -0.2) is 4.39 Å². The molecule has 0 aromatic heterocycles. The fraction of sp³-hybridized carbons (Fsp3) is 0.300. The lowest BCUT2D eigenvalue weighted by atomic mass is 9.85. The highest BCUT2D eigenvalue weighted by Gasteiger charge is 2.46. The second-order valence-corrected chi connectivity index (χ2v) is 7.34. The van der Waals surface area contributed by atoms with E-state index in [4.69, 9.17) is 4.74 Å². The first kappa shape index (κ1) is 20.4. The van der Waals surface area contributed by atoms with Crippen LogP contribution in [-0.2, 0) is 0 Å². The van der Waals surface area contributed by atoms with Gasteiger partial charge in [-0.1, -0.05) is 0 Å². The third-order valence-corrected chi connectivity index (χ3v) is 4.82. The lowest BCUT2D eigenvalue weighted by molar-refractivity contribution is -0.386. The van der Waals surface area contributed by atoms with Crippen LogP contribution < -0.4 is 10.1 Å². The lowest BCUT2D eigenvalue weighted by Crippen LogP contribution is -2.53. The third-order valence-electron chi connectivity index (χ3n) is 4.82. The summed E-state index contributed by atoms with van der Waals surface area (Å²) in [7, 11) is 0. The Balaban J connectivity index is 2.12. The number of ketones is 1. The molecule has 1 aliphatic heterocycles. The van der Waals surface area contributed by atoms with Crippen molar-refractivity contribution in [2.75, 3.05) is 0 Å². The summed E-state index contributed by atoms with van der Waals surface area (Å²) in [5, 5.41) is 25.0. The summed E-state index contributed by atoms with van der Waals surface area (Å²) in [5.74, 6) is -1.67. The second kappa shape index (κ2) is 7.25. The molecule has 0 bridgehead atoms. The Kier molecular flexibility index (Phi) is 5.10. The Morgan fingerprint density at radius 3 is 2.38 bits per heavy atom. The van der Waals surface area contributed by atoms with Crippen LogP contribution in [0.4, 0.5) is 10.1 Å². The number of carbonyl (C=O) groups is 2. The first-order valence-corrected chi connectivity index (χ1v) is 8.78. The molecule has 2 atom stereocenters. The maximum Gasteiger partial charge on any atom is 0.312 e. The number of benzene rings is 2. The van der Waals surface area contributed by atoms with Gasteiger partial charge in [0.05, 0.1) is 11.0 Å². The SMILES string of the molecule is CC(=O)c1cc2c(c([N+](=O)[O-])c1)OC(C)(C)[C@H](O)[C@H]2NC(=O)c1ccc(F)cc1. The van der Waals surface area contributed by atoms with E-state index in [0.29, 0.717) is 0 Å². The van der Waals surface area contributed by atoms with Gasteiger partial charge < -0.3 is 15.2 Å². The number of aliphatic hydroxyl groups is 1. The summed E-state index contributed by atoms with van der Waals surface area (Å²) in [4.78, 5) is 35.4. The van der Waals surface area contributed by atoms with Gasteiger partial charge in [-0.2, -0.15) is 0 Å². The molecule has 1 amide bonds. The standard InChI is InChI=1S/C20H19FN2O6/c1-10(24)12-8-14-16(22-19(26)11-4-6-13(21)7-5-11)18(25)20(2,3)29-17(14)15(9-12)23(27)28/h4-9,16,18,25H,1-3H3,(H,22,26)/t16-,18+/m0/s1. The summed E-state index contributed by atoms with van der Waals surface area (Å²) in [5.41, 5.74) is -1.40. The van der Waals surface area contributed by atoms with E-state index in [0.717, 1.165) is 18.2 Å². The van der Waals surface area contributed by atoms with Gasteiger partial charge in [0.2, 0.25) is 5.75 Å². The van der Waals surface area contributed by atoms with Crippen LogP contribution in [0.15, 0.2) is 36.4 Å². The number of nitro groups is 1. The molecular formula is C20H19FN2O6. The molecule has 0 unspecified atom stereocenters. The minimum Gasteiger partial charge on any atom is -0.478 e. The quantitative estimate of drug-likeness (QED) is 0.461. The zero-order chi connectivity index (χ0) is 21.5. The Hall–Kier alpha value is -3.33. The van der Waals surface area contributed by atoms with Crippen LogP contribution in [0.3, 0.4) is 0 Å². The van der Waals surface area contributed by atoms with Crippen LogP contribution in [0, 0.1) is 15.9 Å². The minimum absolute atomic E-state index is 0.0481. The van der Waals surface area contributed by atoms with Crippen molar-refractivity contribution in [1.29, 1.82) is 0 Å². The highest BCUT2D eigenvalue weighted by Crippen LogP contribution is 2.45.